The van der Waals surface area contributed by atoms with E-state index in [0.29, 0.717) is 17.0 Å². The largest absolute Gasteiger partial charge is 0.506 e. The summed E-state index contributed by atoms with van der Waals surface area (Å²) in [5.74, 6) is -0.351. The Bertz CT molecular complexity index is 727. The highest BCUT2D eigenvalue weighted by Crippen LogP contribution is 2.32. The Labute approximate surface area is 133 Å². The second-order valence-electron chi connectivity index (χ2n) is 4.72. The van der Waals surface area contributed by atoms with Gasteiger partial charge in [0, 0.05) is 11.8 Å². The number of carboxylic acids is 1. The van der Waals surface area contributed by atoms with Gasteiger partial charge in [-0.05, 0) is 31.2 Å². The van der Waals surface area contributed by atoms with E-state index in [4.69, 9.17) is 14.6 Å². The Morgan fingerprint density at radius 1 is 1.22 bits per heavy atom. The molecular weight excluding hydrogens is 298 g/mol. The van der Waals surface area contributed by atoms with Gasteiger partial charge in [0.05, 0.1) is 7.11 Å². The number of aliphatic carboxylic acids is 1. The van der Waals surface area contributed by atoms with Crippen LogP contribution in [0.5, 0.6) is 17.2 Å². The number of carbonyl (C=O) groups is 1. The van der Waals surface area contributed by atoms with Gasteiger partial charge in [0.2, 0.25) is 0 Å². The number of rotatable bonds is 6. The number of hydrogen-bond acceptors (Lipinski definition) is 5. The van der Waals surface area contributed by atoms with Crippen molar-refractivity contribution in [2.45, 2.75) is 13.0 Å². The zero-order valence-electron chi connectivity index (χ0n) is 12.8. The van der Waals surface area contributed by atoms with Crippen molar-refractivity contribution >= 4 is 17.9 Å². The summed E-state index contributed by atoms with van der Waals surface area (Å²) in [6.07, 6.45) is 0.449. The van der Waals surface area contributed by atoms with Crippen molar-refractivity contribution in [3.05, 3.63) is 48.0 Å². The molecule has 0 aliphatic heterocycles. The maximum Gasteiger partial charge on any atom is 0.344 e. The zero-order valence-corrected chi connectivity index (χ0v) is 12.8. The lowest BCUT2D eigenvalue weighted by atomic mass is 10.2. The molecule has 0 fully saturated rings. The van der Waals surface area contributed by atoms with E-state index in [2.05, 4.69) is 4.99 Å². The maximum absolute atomic E-state index is 11.0. The first-order chi connectivity index (χ1) is 11.0. The number of nitrogens with zero attached hydrogens (tertiary/aromatic N) is 1. The molecule has 2 aromatic carbocycles. The van der Waals surface area contributed by atoms with Crippen molar-refractivity contribution < 1.29 is 24.5 Å². The van der Waals surface area contributed by atoms with Gasteiger partial charge < -0.3 is 19.7 Å². The number of aromatic hydroxyl groups is 1. The van der Waals surface area contributed by atoms with Crippen LogP contribution >= 0.6 is 0 Å². The molecule has 0 unspecified atom stereocenters. The van der Waals surface area contributed by atoms with E-state index >= 15 is 0 Å². The first-order valence-electron chi connectivity index (χ1n) is 6.91. The average Bonchev–Trinajstić information content (AvgIpc) is 2.54. The van der Waals surface area contributed by atoms with E-state index in [0.717, 1.165) is 0 Å². The van der Waals surface area contributed by atoms with Gasteiger partial charge in [-0.15, -0.1) is 0 Å². The van der Waals surface area contributed by atoms with Gasteiger partial charge in [-0.1, -0.05) is 18.2 Å². The van der Waals surface area contributed by atoms with E-state index in [1.165, 1.54) is 26.3 Å². The standard InChI is InChI=1S/C17H17NO5/c1-11(17(20)21)23-16-12(6-5-9-15(16)22-2)10-18-13-7-3-4-8-14(13)19/h3-11,19H,1-2H3,(H,20,21)/t11-/m1/s1. The number of benzene rings is 2. The predicted octanol–water partition coefficient (Wildman–Crippen LogP) is 3.00. The second-order valence-corrected chi connectivity index (χ2v) is 4.72. The van der Waals surface area contributed by atoms with Crippen molar-refractivity contribution in [2.75, 3.05) is 7.11 Å². The molecule has 0 aliphatic rings. The van der Waals surface area contributed by atoms with E-state index < -0.39 is 12.1 Å². The fourth-order valence-corrected chi connectivity index (χ4v) is 1.86. The highest BCUT2D eigenvalue weighted by atomic mass is 16.5. The Morgan fingerprint density at radius 3 is 2.61 bits per heavy atom. The highest BCUT2D eigenvalue weighted by molar-refractivity contribution is 5.87. The molecule has 0 spiro atoms. The fraction of sp³-hybridized carbons (Fsp3) is 0.176. The predicted molar refractivity (Wildman–Crippen MR) is 86.1 cm³/mol. The monoisotopic (exact) mass is 315 g/mol. The summed E-state index contributed by atoms with van der Waals surface area (Å²) in [7, 11) is 1.47. The Kier molecular flexibility index (Phi) is 5.19. The minimum atomic E-state index is -1.08. The molecule has 6 nitrogen and oxygen atoms in total. The molecular formula is C17H17NO5. The molecule has 23 heavy (non-hydrogen) atoms. The van der Waals surface area contributed by atoms with Crippen molar-refractivity contribution in [1.82, 2.24) is 0 Å². The van der Waals surface area contributed by atoms with Crippen molar-refractivity contribution in [1.29, 1.82) is 0 Å². The summed E-state index contributed by atoms with van der Waals surface area (Å²) in [5, 5.41) is 18.7. The van der Waals surface area contributed by atoms with Gasteiger partial charge in [0.1, 0.15) is 11.4 Å². The molecule has 2 aromatic rings. The van der Waals surface area contributed by atoms with Crippen LogP contribution in [0.25, 0.3) is 0 Å². The van der Waals surface area contributed by atoms with Crippen LogP contribution in [0.1, 0.15) is 12.5 Å². The molecule has 0 saturated heterocycles. The molecule has 1 atom stereocenters. The van der Waals surface area contributed by atoms with Gasteiger partial charge in [-0.3, -0.25) is 4.99 Å². The summed E-state index contributed by atoms with van der Waals surface area (Å²) in [5.41, 5.74) is 0.938. The van der Waals surface area contributed by atoms with Crippen LogP contribution in [-0.2, 0) is 4.79 Å². The minimum absolute atomic E-state index is 0.0491. The smallest absolute Gasteiger partial charge is 0.344 e. The van der Waals surface area contributed by atoms with Gasteiger partial charge in [-0.2, -0.15) is 0 Å². The zero-order chi connectivity index (χ0) is 16.8. The van der Waals surface area contributed by atoms with E-state index in [1.807, 2.05) is 0 Å². The molecule has 0 aromatic heterocycles. The first-order valence-corrected chi connectivity index (χ1v) is 6.91. The molecule has 0 aliphatic carbocycles. The molecule has 2 rings (SSSR count). The van der Waals surface area contributed by atoms with Crippen LogP contribution in [0.4, 0.5) is 5.69 Å². The van der Waals surface area contributed by atoms with Crippen LogP contribution in [0.3, 0.4) is 0 Å². The number of ether oxygens (including phenoxy) is 2. The Morgan fingerprint density at radius 2 is 1.96 bits per heavy atom. The lowest BCUT2D eigenvalue weighted by molar-refractivity contribution is -0.144. The first kappa shape index (κ1) is 16.4. The third-order valence-electron chi connectivity index (χ3n) is 3.10. The number of aliphatic imine (C=N–C) groups is 1. The maximum atomic E-state index is 11.0. The molecule has 0 radical (unpaired) electrons. The van der Waals surface area contributed by atoms with Crippen LogP contribution in [0, 0.1) is 0 Å². The third-order valence-corrected chi connectivity index (χ3v) is 3.10. The summed E-state index contributed by atoms with van der Waals surface area (Å²) >= 11 is 0. The minimum Gasteiger partial charge on any atom is -0.506 e. The Balaban J connectivity index is 2.38. The topological polar surface area (TPSA) is 88.4 Å². The molecule has 0 amide bonds. The molecule has 0 heterocycles. The quantitative estimate of drug-likeness (QED) is 0.800. The van der Waals surface area contributed by atoms with Gasteiger partial charge in [0.25, 0.3) is 0 Å². The normalized spacial score (nSPS) is 12.1. The number of phenols is 1. The average molecular weight is 315 g/mol. The lowest BCUT2D eigenvalue weighted by Gasteiger charge is -2.15. The van der Waals surface area contributed by atoms with Crippen LogP contribution in [0.2, 0.25) is 0 Å². The number of para-hydroxylation sites is 3. The highest BCUT2D eigenvalue weighted by Gasteiger charge is 2.17. The van der Waals surface area contributed by atoms with E-state index in [1.54, 1.807) is 36.4 Å². The van der Waals surface area contributed by atoms with Crippen molar-refractivity contribution in [3.8, 4) is 17.2 Å². The van der Waals surface area contributed by atoms with E-state index in [-0.39, 0.29) is 11.5 Å². The lowest BCUT2D eigenvalue weighted by Crippen LogP contribution is -2.23. The molecule has 0 saturated carbocycles. The SMILES string of the molecule is COc1cccc(C=Nc2ccccc2O)c1O[C@H](C)C(=O)O. The number of carboxylic acid groups (broad SMARTS) is 1. The molecule has 2 N–H and O–H groups in total. The van der Waals surface area contributed by atoms with Crippen LogP contribution < -0.4 is 9.47 Å². The summed E-state index contributed by atoms with van der Waals surface area (Å²) in [4.78, 5) is 15.2. The van der Waals surface area contributed by atoms with E-state index in [9.17, 15) is 9.90 Å². The van der Waals surface area contributed by atoms with Gasteiger partial charge in [0.15, 0.2) is 17.6 Å². The Hall–Kier alpha value is -3.02. The second kappa shape index (κ2) is 7.31. The third kappa shape index (κ3) is 4.00. The van der Waals surface area contributed by atoms with Crippen LogP contribution in [-0.4, -0.2) is 35.6 Å². The summed E-state index contributed by atoms with van der Waals surface area (Å²) < 4.78 is 10.7. The number of phenolic OH excluding ortho intramolecular Hbond substituents is 1. The number of hydrogen-bond donors (Lipinski definition) is 2. The van der Waals surface area contributed by atoms with Gasteiger partial charge in [-0.25, -0.2) is 4.79 Å². The molecule has 120 valence electrons. The fourth-order valence-electron chi connectivity index (χ4n) is 1.86. The van der Waals surface area contributed by atoms with Gasteiger partial charge >= 0.3 is 5.97 Å². The molecule has 6 heteroatoms. The van der Waals surface area contributed by atoms with Crippen molar-refractivity contribution in [2.24, 2.45) is 4.99 Å². The molecule has 0 bridgehead atoms. The summed E-state index contributed by atoms with van der Waals surface area (Å²) in [6, 6.07) is 11.8. The summed E-state index contributed by atoms with van der Waals surface area (Å²) in [6.45, 7) is 1.43. The van der Waals surface area contributed by atoms with Crippen molar-refractivity contribution in [3.63, 3.8) is 0 Å². The van der Waals surface area contributed by atoms with Crippen LogP contribution in [0.15, 0.2) is 47.5 Å². The number of methoxy groups -OCH3 is 1.